The van der Waals surface area contributed by atoms with Crippen molar-refractivity contribution in [3.63, 3.8) is 0 Å². The molecule has 2 N–H and O–H groups in total. The number of ether oxygens (including phenoxy) is 1. The van der Waals surface area contributed by atoms with E-state index < -0.39 is 16.1 Å². The Morgan fingerprint density at radius 1 is 1.15 bits per heavy atom. The average Bonchev–Trinajstić information content (AvgIpc) is 3.17. The number of sulfonamides is 1. The van der Waals surface area contributed by atoms with Gasteiger partial charge in [0.25, 0.3) is 0 Å². The first-order chi connectivity index (χ1) is 13.0. The van der Waals surface area contributed by atoms with E-state index in [1.54, 1.807) is 0 Å². The van der Waals surface area contributed by atoms with Crippen LogP contribution in [-0.4, -0.2) is 43.1 Å². The monoisotopic (exact) mass is 390 g/mol. The second-order valence-corrected chi connectivity index (χ2v) is 8.20. The molecule has 0 aromatic heterocycles. The molecule has 1 heterocycles. The fourth-order valence-corrected chi connectivity index (χ4v) is 4.72. The smallest absolute Gasteiger partial charge is 0.411 e. The maximum absolute atomic E-state index is 12.7. The lowest BCUT2D eigenvalue weighted by Crippen LogP contribution is -2.37. The zero-order chi connectivity index (χ0) is 19.3. The first kappa shape index (κ1) is 19.3. The summed E-state index contributed by atoms with van der Waals surface area (Å²) in [5.41, 5.74) is 1.31. The van der Waals surface area contributed by atoms with Gasteiger partial charge in [0.1, 0.15) is 6.61 Å². The lowest BCUT2D eigenvalue weighted by atomic mass is 10.2. The summed E-state index contributed by atoms with van der Waals surface area (Å²) < 4.78 is 31.9. The summed E-state index contributed by atoms with van der Waals surface area (Å²) in [4.78, 5) is 12.0. The molecule has 3 rings (SSSR count). The van der Waals surface area contributed by atoms with E-state index in [-0.39, 0.29) is 24.2 Å². The Balaban J connectivity index is 1.60. The normalized spacial score (nSPS) is 17.6. The average molecular weight is 390 g/mol. The number of rotatable bonds is 6. The lowest BCUT2D eigenvalue weighted by Gasteiger charge is -2.22. The van der Waals surface area contributed by atoms with Gasteiger partial charge < -0.3 is 9.84 Å². The minimum Gasteiger partial charge on any atom is -0.444 e. The van der Waals surface area contributed by atoms with Crippen molar-refractivity contribution in [2.45, 2.75) is 30.4 Å². The minimum absolute atomic E-state index is 0.131. The molecule has 2 aromatic rings. The molecule has 1 atom stereocenters. The van der Waals surface area contributed by atoms with Crippen molar-refractivity contribution in [1.82, 2.24) is 4.31 Å². The first-order valence-electron chi connectivity index (χ1n) is 8.71. The largest absolute Gasteiger partial charge is 0.444 e. The Labute approximate surface area is 158 Å². The number of aliphatic hydroxyl groups is 1. The number of nitrogens with one attached hydrogen (secondary N) is 1. The van der Waals surface area contributed by atoms with Gasteiger partial charge in [-0.05, 0) is 42.7 Å². The van der Waals surface area contributed by atoms with Crippen molar-refractivity contribution < 1.29 is 23.1 Å². The van der Waals surface area contributed by atoms with Crippen LogP contribution in [0, 0.1) is 0 Å². The third kappa shape index (κ3) is 4.65. The van der Waals surface area contributed by atoms with Crippen LogP contribution in [0.1, 0.15) is 18.4 Å². The van der Waals surface area contributed by atoms with Crippen LogP contribution in [0.15, 0.2) is 59.5 Å². The highest BCUT2D eigenvalue weighted by atomic mass is 32.2. The van der Waals surface area contributed by atoms with Crippen molar-refractivity contribution in [2.24, 2.45) is 0 Å². The lowest BCUT2D eigenvalue weighted by molar-refractivity contribution is 0.155. The van der Waals surface area contributed by atoms with Crippen molar-refractivity contribution >= 4 is 21.8 Å². The number of carbonyl (C=O) groups excluding carboxylic acids is 1. The predicted octanol–water partition coefficient (Wildman–Crippen LogP) is 2.58. The van der Waals surface area contributed by atoms with E-state index in [9.17, 15) is 18.3 Å². The number of carbonyl (C=O) groups is 1. The fraction of sp³-hybridized carbons (Fsp3) is 0.316. The fourth-order valence-electron chi connectivity index (χ4n) is 3.03. The molecule has 0 saturated carbocycles. The predicted molar refractivity (Wildman–Crippen MR) is 101 cm³/mol. The summed E-state index contributed by atoms with van der Waals surface area (Å²) in [6.07, 6.45) is 0.773. The SMILES string of the molecule is O=C(Nc1ccc(S(=O)(=O)N2CCCC2CO)cc1)OCc1ccccc1. The van der Waals surface area contributed by atoms with Gasteiger partial charge in [-0.3, -0.25) is 5.32 Å². The van der Waals surface area contributed by atoms with Crippen LogP contribution in [0.2, 0.25) is 0 Å². The molecule has 1 fully saturated rings. The molecule has 0 bridgehead atoms. The van der Waals surface area contributed by atoms with E-state index in [1.165, 1.54) is 28.6 Å². The summed E-state index contributed by atoms with van der Waals surface area (Å²) in [7, 11) is -3.66. The maximum atomic E-state index is 12.7. The van der Waals surface area contributed by atoms with Crippen LogP contribution in [0.5, 0.6) is 0 Å². The van der Waals surface area contributed by atoms with Crippen molar-refractivity contribution in [3.05, 3.63) is 60.2 Å². The molecule has 7 nitrogen and oxygen atoms in total. The molecule has 1 aliphatic rings. The molecular formula is C19H22N2O5S. The van der Waals surface area contributed by atoms with E-state index in [0.717, 1.165) is 12.0 Å². The third-order valence-electron chi connectivity index (χ3n) is 4.45. The number of aliphatic hydroxyl groups excluding tert-OH is 1. The molecule has 2 aromatic carbocycles. The molecule has 1 amide bonds. The third-order valence-corrected chi connectivity index (χ3v) is 6.42. The summed E-state index contributed by atoms with van der Waals surface area (Å²) >= 11 is 0. The molecule has 8 heteroatoms. The summed E-state index contributed by atoms with van der Waals surface area (Å²) in [6.45, 7) is 0.363. The van der Waals surface area contributed by atoms with Gasteiger partial charge in [-0.1, -0.05) is 30.3 Å². The van der Waals surface area contributed by atoms with Crippen LogP contribution in [-0.2, 0) is 21.4 Å². The molecular weight excluding hydrogens is 368 g/mol. The summed E-state index contributed by atoms with van der Waals surface area (Å²) in [5.74, 6) is 0. The zero-order valence-corrected chi connectivity index (χ0v) is 15.6. The Morgan fingerprint density at radius 3 is 2.52 bits per heavy atom. The van der Waals surface area contributed by atoms with Gasteiger partial charge in [0.05, 0.1) is 11.5 Å². The highest BCUT2D eigenvalue weighted by Crippen LogP contribution is 2.26. The van der Waals surface area contributed by atoms with Crippen molar-refractivity contribution in [2.75, 3.05) is 18.5 Å². The second-order valence-electron chi connectivity index (χ2n) is 6.31. The van der Waals surface area contributed by atoms with E-state index in [1.807, 2.05) is 30.3 Å². The van der Waals surface area contributed by atoms with Crippen LogP contribution < -0.4 is 5.32 Å². The molecule has 144 valence electrons. The molecule has 1 saturated heterocycles. The quantitative estimate of drug-likeness (QED) is 0.790. The Kier molecular flexibility index (Phi) is 6.10. The topological polar surface area (TPSA) is 95.9 Å². The van der Waals surface area contributed by atoms with Gasteiger partial charge in [-0.25, -0.2) is 13.2 Å². The van der Waals surface area contributed by atoms with Gasteiger partial charge in [-0.15, -0.1) is 0 Å². The Morgan fingerprint density at radius 2 is 1.85 bits per heavy atom. The van der Waals surface area contributed by atoms with Gasteiger partial charge in [0.2, 0.25) is 10.0 Å². The van der Waals surface area contributed by atoms with E-state index >= 15 is 0 Å². The highest BCUT2D eigenvalue weighted by Gasteiger charge is 2.34. The zero-order valence-electron chi connectivity index (χ0n) is 14.7. The van der Waals surface area contributed by atoms with Crippen LogP contribution in [0.3, 0.4) is 0 Å². The molecule has 1 unspecified atom stereocenters. The molecule has 27 heavy (non-hydrogen) atoms. The molecule has 0 aliphatic carbocycles. The van der Waals surface area contributed by atoms with E-state index in [0.29, 0.717) is 18.7 Å². The first-order valence-corrected chi connectivity index (χ1v) is 10.1. The number of hydrogen-bond donors (Lipinski definition) is 2. The van der Waals surface area contributed by atoms with Crippen molar-refractivity contribution in [1.29, 1.82) is 0 Å². The van der Waals surface area contributed by atoms with Gasteiger partial charge in [-0.2, -0.15) is 4.31 Å². The summed E-state index contributed by atoms with van der Waals surface area (Å²) in [5, 5.41) is 11.9. The maximum Gasteiger partial charge on any atom is 0.411 e. The van der Waals surface area contributed by atoms with E-state index in [2.05, 4.69) is 5.32 Å². The Hall–Kier alpha value is -2.42. The molecule has 0 radical (unpaired) electrons. The number of benzene rings is 2. The van der Waals surface area contributed by atoms with Crippen LogP contribution in [0.25, 0.3) is 0 Å². The Bertz CT molecular complexity index is 869. The molecule has 1 aliphatic heterocycles. The number of amides is 1. The van der Waals surface area contributed by atoms with Crippen molar-refractivity contribution in [3.8, 4) is 0 Å². The highest BCUT2D eigenvalue weighted by molar-refractivity contribution is 7.89. The minimum atomic E-state index is -3.66. The standard InChI is InChI=1S/C19H22N2O5S/c22-13-17-7-4-12-21(17)27(24,25)18-10-8-16(9-11-18)20-19(23)26-14-15-5-2-1-3-6-15/h1-3,5-6,8-11,17,22H,4,7,12-14H2,(H,20,23). The second kappa shape index (κ2) is 8.51. The number of anilines is 1. The number of nitrogens with zero attached hydrogens (tertiary/aromatic N) is 1. The van der Waals surface area contributed by atoms with E-state index in [4.69, 9.17) is 4.74 Å². The van der Waals surface area contributed by atoms with Gasteiger partial charge in [0, 0.05) is 18.3 Å². The van der Waals surface area contributed by atoms with Gasteiger partial charge >= 0.3 is 6.09 Å². The number of hydrogen-bond acceptors (Lipinski definition) is 5. The van der Waals surface area contributed by atoms with Crippen LogP contribution >= 0.6 is 0 Å². The van der Waals surface area contributed by atoms with Crippen LogP contribution in [0.4, 0.5) is 10.5 Å². The summed E-state index contributed by atoms with van der Waals surface area (Å²) in [6, 6.07) is 14.8. The van der Waals surface area contributed by atoms with Gasteiger partial charge in [0.15, 0.2) is 0 Å². The molecule has 0 spiro atoms.